The lowest BCUT2D eigenvalue weighted by Crippen LogP contribution is -2.45. The summed E-state index contributed by atoms with van der Waals surface area (Å²) in [7, 11) is 0. The van der Waals surface area contributed by atoms with E-state index in [4.69, 9.17) is 4.74 Å². The summed E-state index contributed by atoms with van der Waals surface area (Å²) in [6.45, 7) is 4.92. The van der Waals surface area contributed by atoms with E-state index in [0.29, 0.717) is 25.9 Å². The first-order valence-corrected chi connectivity index (χ1v) is 31.1. The van der Waals surface area contributed by atoms with Crippen molar-refractivity contribution in [2.75, 3.05) is 13.2 Å². The van der Waals surface area contributed by atoms with Gasteiger partial charge in [0.25, 0.3) is 0 Å². The van der Waals surface area contributed by atoms with Crippen molar-refractivity contribution < 1.29 is 24.5 Å². The van der Waals surface area contributed by atoms with Gasteiger partial charge in [0.05, 0.1) is 25.4 Å². The zero-order valence-corrected chi connectivity index (χ0v) is 46.6. The van der Waals surface area contributed by atoms with Crippen molar-refractivity contribution in [1.82, 2.24) is 5.32 Å². The Bertz CT molecular complexity index is 1080. The first-order chi connectivity index (χ1) is 34.0. The SMILES string of the molecule is CCCCC/C=C\C/C=C\CCCCCCCC(=O)OCCCCCCCCCCCCCCCCCCCCCCCCCCCCCC(=O)NC(CO)C(O)CCCCCCCCCCCC. The van der Waals surface area contributed by atoms with Gasteiger partial charge in [0.15, 0.2) is 0 Å². The molecule has 0 saturated heterocycles. The van der Waals surface area contributed by atoms with Crippen LogP contribution in [-0.2, 0) is 14.3 Å². The molecule has 0 saturated carbocycles. The molecule has 0 aliphatic carbocycles. The van der Waals surface area contributed by atoms with E-state index >= 15 is 0 Å². The van der Waals surface area contributed by atoms with E-state index in [9.17, 15) is 19.8 Å². The minimum atomic E-state index is -0.660. The third-order valence-electron chi connectivity index (χ3n) is 14.5. The van der Waals surface area contributed by atoms with Crippen molar-refractivity contribution in [3.8, 4) is 0 Å². The fourth-order valence-corrected chi connectivity index (χ4v) is 9.73. The molecule has 0 aliphatic heterocycles. The van der Waals surface area contributed by atoms with Crippen LogP contribution in [0.4, 0.5) is 0 Å². The second kappa shape index (κ2) is 58.9. The lowest BCUT2D eigenvalue weighted by Gasteiger charge is -2.22. The van der Waals surface area contributed by atoms with Gasteiger partial charge in [0.1, 0.15) is 0 Å². The minimum Gasteiger partial charge on any atom is -0.466 e. The van der Waals surface area contributed by atoms with Gasteiger partial charge < -0.3 is 20.3 Å². The number of allylic oxidation sites excluding steroid dienone is 4. The monoisotopic (exact) mass is 972 g/mol. The Morgan fingerprint density at radius 3 is 1.13 bits per heavy atom. The molecule has 0 heterocycles. The summed E-state index contributed by atoms with van der Waals surface area (Å²) in [5.41, 5.74) is 0. The smallest absolute Gasteiger partial charge is 0.305 e. The molecule has 2 unspecified atom stereocenters. The fourth-order valence-electron chi connectivity index (χ4n) is 9.73. The molecule has 0 rings (SSSR count). The van der Waals surface area contributed by atoms with Gasteiger partial charge in [-0.05, 0) is 57.8 Å². The fraction of sp³-hybridized carbons (Fsp3) is 0.905. The number of ether oxygens (including phenoxy) is 1. The van der Waals surface area contributed by atoms with Crippen molar-refractivity contribution in [3.05, 3.63) is 24.3 Å². The molecule has 6 heteroatoms. The minimum absolute atomic E-state index is 0.00417. The maximum atomic E-state index is 12.4. The van der Waals surface area contributed by atoms with Crippen LogP contribution in [0.15, 0.2) is 24.3 Å². The van der Waals surface area contributed by atoms with Crippen molar-refractivity contribution in [2.24, 2.45) is 0 Å². The van der Waals surface area contributed by atoms with Crippen molar-refractivity contribution in [1.29, 1.82) is 0 Å². The van der Waals surface area contributed by atoms with Crippen LogP contribution in [0.3, 0.4) is 0 Å². The first kappa shape index (κ1) is 67.3. The van der Waals surface area contributed by atoms with E-state index in [-0.39, 0.29) is 18.5 Å². The van der Waals surface area contributed by atoms with Crippen LogP contribution in [0, 0.1) is 0 Å². The zero-order valence-electron chi connectivity index (χ0n) is 46.6. The average molecular weight is 973 g/mol. The Morgan fingerprint density at radius 1 is 0.406 bits per heavy atom. The van der Waals surface area contributed by atoms with Gasteiger partial charge in [-0.25, -0.2) is 0 Å². The molecule has 1 amide bonds. The maximum absolute atomic E-state index is 12.4. The highest BCUT2D eigenvalue weighted by Crippen LogP contribution is 2.18. The largest absolute Gasteiger partial charge is 0.466 e. The normalized spacial score (nSPS) is 12.7. The van der Waals surface area contributed by atoms with Gasteiger partial charge in [0, 0.05) is 12.8 Å². The Hall–Kier alpha value is -1.66. The summed E-state index contributed by atoms with van der Waals surface area (Å²) in [4.78, 5) is 24.5. The van der Waals surface area contributed by atoms with Gasteiger partial charge in [-0.1, -0.05) is 295 Å². The molecule has 0 radical (unpaired) electrons. The molecule has 0 aliphatic rings. The van der Waals surface area contributed by atoms with Gasteiger partial charge in [-0.15, -0.1) is 0 Å². The van der Waals surface area contributed by atoms with Crippen LogP contribution in [0.1, 0.15) is 341 Å². The molecular weight excluding hydrogens is 851 g/mol. The molecule has 6 nitrogen and oxygen atoms in total. The second-order valence-electron chi connectivity index (χ2n) is 21.4. The molecule has 0 aromatic carbocycles. The van der Waals surface area contributed by atoms with Crippen molar-refractivity contribution >= 4 is 11.9 Å². The van der Waals surface area contributed by atoms with E-state index in [2.05, 4.69) is 43.5 Å². The number of aliphatic hydroxyl groups excluding tert-OH is 2. The topological polar surface area (TPSA) is 95.9 Å². The lowest BCUT2D eigenvalue weighted by atomic mass is 10.0. The second-order valence-corrected chi connectivity index (χ2v) is 21.4. The summed E-state index contributed by atoms with van der Waals surface area (Å²) < 4.78 is 5.48. The van der Waals surface area contributed by atoms with E-state index in [1.165, 1.54) is 257 Å². The molecule has 0 spiro atoms. The zero-order chi connectivity index (χ0) is 50.0. The molecule has 0 aromatic heterocycles. The summed E-state index contributed by atoms with van der Waals surface area (Å²) in [6.07, 6.45) is 72.0. The number of hydrogen-bond acceptors (Lipinski definition) is 5. The summed E-state index contributed by atoms with van der Waals surface area (Å²) in [5, 5.41) is 23.2. The lowest BCUT2D eigenvalue weighted by molar-refractivity contribution is -0.143. The van der Waals surface area contributed by atoms with Gasteiger partial charge in [0.2, 0.25) is 5.91 Å². The number of unbranched alkanes of at least 4 members (excludes halogenated alkanes) is 43. The number of esters is 1. The highest BCUT2D eigenvalue weighted by molar-refractivity contribution is 5.76. The van der Waals surface area contributed by atoms with Crippen LogP contribution in [0.25, 0.3) is 0 Å². The van der Waals surface area contributed by atoms with Gasteiger partial charge in [-0.3, -0.25) is 9.59 Å². The van der Waals surface area contributed by atoms with Crippen LogP contribution in [-0.4, -0.2) is 47.4 Å². The van der Waals surface area contributed by atoms with E-state index in [1.54, 1.807) is 0 Å². The number of aliphatic hydroxyl groups is 2. The van der Waals surface area contributed by atoms with Crippen LogP contribution in [0.5, 0.6) is 0 Å². The molecule has 3 N–H and O–H groups in total. The Kier molecular flexibility index (Phi) is 57.5. The number of carbonyl (C=O) groups excluding carboxylic acids is 2. The molecule has 69 heavy (non-hydrogen) atoms. The molecule has 0 fully saturated rings. The van der Waals surface area contributed by atoms with Crippen LogP contribution in [0.2, 0.25) is 0 Å². The number of nitrogens with one attached hydrogen (secondary N) is 1. The molecule has 0 bridgehead atoms. The van der Waals surface area contributed by atoms with Crippen LogP contribution >= 0.6 is 0 Å². The van der Waals surface area contributed by atoms with Crippen LogP contribution < -0.4 is 5.32 Å². The molecular formula is C63H121NO5. The van der Waals surface area contributed by atoms with E-state index in [1.807, 2.05) is 0 Å². The van der Waals surface area contributed by atoms with Gasteiger partial charge >= 0.3 is 5.97 Å². The third-order valence-corrected chi connectivity index (χ3v) is 14.5. The van der Waals surface area contributed by atoms with E-state index < -0.39 is 12.1 Å². The average Bonchev–Trinajstić information content (AvgIpc) is 3.35. The Balaban J connectivity index is 3.32. The quantitative estimate of drug-likeness (QED) is 0.0321. The Morgan fingerprint density at radius 2 is 0.725 bits per heavy atom. The highest BCUT2D eigenvalue weighted by Gasteiger charge is 2.20. The molecule has 0 aromatic rings. The van der Waals surface area contributed by atoms with Crippen molar-refractivity contribution in [3.63, 3.8) is 0 Å². The third kappa shape index (κ3) is 55.5. The molecule has 2 atom stereocenters. The predicted octanol–water partition coefficient (Wildman–Crippen LogP) is 19.4. The summed E-state index contributed by atoms with van der Waals surface area (Å²) in [5.74, 6) is -0.0287. The van der Waals surface area contributed by atoms with E-state index in [0.717, 1.165) is 51.4 Å². The Labute approximate surface area is 431 Å². The number of amides is 1. The van der Waals surface area contributed by atoms with Crippen molar-refractivity contribution in [2.45, 2.75) is 353 Å². The summed E-state index contributed by atoms with van der Waals surface area (Å²) >= 11 is 0. The number of hydrogen-bond donors (Lipinski definition) is 3. The number of rotatable bonds is 58. The maximum Gasteiger partial charge on any atom is 0.305 e. The first-order valence-electron chi connectivity index (χ1n) is 31.1. The number of carbonyl (C=O) groups is 2. The van der Waals surface area contributed by atoms with Gasteiger partial charge in [-0.2, -0.15) is 0 Å². The highest BCUT2D eigenvalue weighted by atomic mass is 16.5. The predicted molar refractivity (Wildman–Crippen MR) is 301 cm³/mol. The standard InChI is InChI=1S/C63H121NO5/c1-3-5-7-9-11-13-15-16-30-34-37-41-45-49-53-57-63(68)69-58-54-50-46-42-38-35-32-29-27-25-23-21-19-17-18-20-22-24-26-28-31-33-36-40-44-48-52-56-62(67)64-60(59-65)61(66)55-51-47-43-39-14-12-10-8-6-4-2/h11,13,16,30,60-61,65-66H,3-10,12,14-15,17-29,31-59H2,1-2H3,(H,64,67)/b13-11-,30-16-. The molecule has 408 valence electrons. The summed E-state index contributed by atoms with van der Waals surface area (Å²) in [6, 6.07) is -0.537.